The lowest BCUT2D eigenvalue weighted by Gasteiger charge is -2.32. The van der Waals surface area contributed by atoms with Crippen LogP contribution in [0.25, 0.3) is 11.1 Å². The average molecular weight is 430 g/mol. The van der Waals surface area contributed by atoms with Crippen LogP contribution in [0, 0.1) is 0 Å². The second kappa shape index (κ2) is 8.86. The lowest BCUT2D eigenvalue weighted by atomic mass is 10.1. The molecule has 1 aliphatic heterocycles. The molecule has 0 spiro atoms. The van der Waals surface area contributed by atoms with Crippen molar-refractivity contribution in [3.63, 3.8) is 0 Å². The molecule has 4 N–H and O–H groups in total. The minimum Gasteiger partial charge on any atom is -0.380 e. The first-order valence-electron chi connectivity index (χ1n) is 10.8. The van der Waals surface area contributed by atoms with Crippen molar-refractivity contribution in [1.29, 1.82) is 0 Å². The topological polar surface area (TPSA) is 95.5 Å². The van der Waals surface area contributed by atoms with Crippen molar-refractivity contribution in [2.75, 3.05) is 49.6 Å². The molecule has 0 aliphatic carbocycles. The maximum absolute atomic E-state index is 6.02. The van der Waals surface area contributed by atoms with E-state index in [2.05, 4.69) is 61.9 Å². The SMILES string of the molecule is CN1CCN(Cc2ccc(Nc3cc(Nc4ccccc4)c4c(N)noc4n3)cc2)CC1. The van der Waals surface area contributed by atoms with E-state index in [1.165, 1.54) is 5.56 Å². The number of nitrogen functional groups attached to an aromatic ring is 1. The number of nitrogens with zero attached hydrogens (tertiary/aromatic N) is 4. The second-order valence-electron chi connectivity index (χ2n) is 8.20. The number of hydrogen-bond donors (Lipinski definition) is 3. The van der Waals surface area contributed by atoms with Crippen molar-refractivity contribution in [3.8, 4) is 0 Å². The normalized spacial score (nSPS) is 15.2. The zero-order valence-electron chi connectivity index (χ0n) is 18.1. The molecular formula is C24H27N7O. The van der Waals surface area contributed by atoms with Crippen LogP contribution in [0.3, 0.4) is 0 Å². The smallest absolute Gasteiger partial charge is 0.264 e. The van der Waals surface area contributed by atoms with E-state index in [0.717, 1.165) is 49.8 Å². The Hall–Kier alpha value is -3.62. The highest BCUT2D eigenvalue weighted by atomic mass is 16.5. The lowest BCUT2D eigenvalue weighted by Crippen LogP contribution is -2.43. The molecule has 2 aromatic heterocycles. The van der Waals surface area contributed by atoms with Crippen molar-refractivity contribution in [2.24, 2.45) is 0 Å². The van der Waals surface area contributed by atoms with Gasteiger partial charge in [0.15, 0.2) is 5.82 Å². The number of anilines is 5. The van der Waals surface area contributed by atoms with E-state index >= 15 is 0 Å². The van der Waals surface area contributed by atoms with E-state index < -0.39 is 0 Å². The van der Waals surface area contributed by atoms with Gasteiger partial charge in [-0.1, -0.05) is 35.5 Å². The first-order valence-corrected chi connectivity index (χ1v) is 10.8. The fourth-order valence-corrected chi connectivity index (χ4v) is 3.92. The van der Waals surface area contributed by atoms with Crippen molar-refractivity contribution in [1.82, 2.24) is 19.9 Å². The molecule has 0 amide bonds. The fraction of sp³-hybridized carbons (Fsp3) is 0.250. The van der Waals surface area contributed by atoms with Crippen LogP contribution in [0.5, 0.6) is 0 Å². The van der Waals surface area contributed by atoms with Gasteiger partial charge >= 0.3 is 0 Å². The van der Waals surface area contributed by atoms with Gasteiger partial charge in [-0.2, -0.15) is 4.98 Å². The minimum absolute atomic E-state index is 0.311. The molecule has 1 aliphatic rings. The molecule has 4 aromatic rings. The van der Waals surface area contributed by atoms with Crippen LogP contribution in [-0.2, 0) is 6.54 Å². The van der Waals surface area contributed by atoms with Gasteiger partial charge in [0.05, 0.1) is 5.69 Å². The summed E-state index contributed by atoms with van der Waals surface area (Å²) in [7, 11) is 2.18. The Kier molecular flexibility index (Phi) is 5.62. The summed E-state index contributed by atoms with van der Waals surface area (Å²) >= 11 is 0. The highest BCUT2D eigenvalue weighted by molar-refractivity contribution is 5.99. The summed E-state index contributed by atoms with van der Waals surface area (Å²) in [5.41, 5.74) is 10.4. The number of nitrogens with two attached hydrogens (primary N) is 1. The first-order chi connectivity index (χ1) is 15.6. The third-order valence-corrected chi connectivity index (χ3v) is 5.75. The first kappa shape index (κ1) is 20.3. The Morgan fingerprint density at radius 3 is 2.41 bits per heavy atom. The van der Waals surface area contributed by atoms with Gasteiger partial charge < -0.3 is 25.8 Å². The van der Waals surface area contributed by atoms with E-state index in [0.29, 0.717) is 22.7 Å². The largest absolute Gasteiger partial charge is 0.380 e. The lowest BCUT2D eigenvalue weighted by molar-refractivity contribution is 0.148. The quantitative estimate of drug-likeness (QED) is 0.423. The van der Waals surface area contributed by atoms with Gasteiger partial charge in [-0.25, -0.2) is 0 Å². The Morgan fingerprint density at radius 1 is 0.938 bits per heavy atom. The molecule has 8 nitrogen and oxygen atoms in total. The highest BCUT2D eigenvalue weighted by Crippen LogP contribution is 2.33. The van der Waals surface area contributed by atoms with Gasteiger partial charge in [0.2, 0.25) is 0 Å². The molecule has 0 unspecified atom stereocenters. The molecule has 0 saturated carbocycles. The fourth-order valence-electron chi connectivity index (χ4n) is 3.92. The standard InChI is InChI=1S/C24H27N7O/c1-30-11-13-31(14-12-30)16-17-7-9-19(10-8-17)27-21-15-20(26-18-5-3-2-4-6-18)22-23(25)29-32-24(22)28-21/h2-10,15H,11-14,16H2,1H3,(H2,25,29)(H2,26,27,28). The maximum atomic E-state index is 6.02. The van der Waals surface area contributed by atoms with E-state index in [1.807, 2.05) is 36.4 Å². The molecule has 8 heteroatoms. The van der Waals surface area contributed by atoms with Gasteiger partial charge in [-0.3, -0.25) is 4.90 Å². The predicted molar refractivity (Wildman–Crippen MR) is 128 cm³/mol. The molecule has 0 bridgehead atoms. The second-order valence-corrected chi connectivity index (χ2v) is 8.20. The summed E-state index contributed by atoms with van der Waals surface area (Å²) in [6.07, 6.45) is 0. The molecule has 0 radical (unpaired) electrons. The Labute approximate surface area is 187 Å². The van der Waals surface area contributed by atoms with Crippen LogP contribution in [0.15, 0.2) is 65.2 Å². The zero-order chi connectivity index (χ0) is 21.9. The van der Waals surface area contributed by atoms with E-state index in [-0.39, 0.29) is 0 Å². The molecule has 0 atom stereocenters. The molecule has 3 heterocycles. The third-order valence-electron chi connectivity index (χ3n) is 5.75. The summed E-state index contributed by atoms with van der Waals surface area (Å²) in [5, 5.41) is 11.3. The number of likely N-dealkylation sites (N-methyl/N-ethyl adjacent to an activating group) is 1. The zero-order valence-corrected chi connectivity index (χ0v) is 18.1. The van der Waals surface area contributed by atoms with Crippen LogP contribution >= 0.6 is 0 Å². The average Bonchev–Trinajstić information content (AvgIpc) is 3.18. The predicted octanol–water partition coefficient (Wildman–Crippen LogP) is 4.04. The van der Waals surface area contributed by atoms with Gasteiger partial charge in [0.25, 0.3) is 5.71 Å². The number of para-hydroxylation sites is 1. The molecule has 164 valence electrons. The minimum atomic E-state index is 0.311. The Balaban J connectivity index is 1.33. The van der Waals surface area contributed by atoms with Crippen molar-refractivity contribution >= 4 is 39.8 Å². The number of benzene rings is 2. The van der Waals surface area contributed by atoms with E-state index in [9.17, 15) is 0 Å². The molecule has 1 saturated heterocycles. The van der Waals surface area contributed by atoms with Crippen LogP contribution in [0.2, 0.25) is 0 Å². The number of pyridine rings is 1. The van der Waals surface area contributed by atoms with Gasteiger partial charge in [0, 0.05) is 50.2 Å². The van der Waals surface area contributed by atoms with Crippen molar-refractivity contribution < 1.29 is 4.52 Å². The summed E-state index contributed by atoms with van der Waals surface area (Å²) in [4.78, 5) is 9.41. The number of fused-ring (bicyclic) bond motifs is 1. The van der Waals surface area contributed by atoms with Gasteiger partial charge in [-0.15, -0.1) is 0 Å². The summed E-state index contributed by atoms with van der Waals surface area (Å²) < 4.78 is 5.34. The molecule has 2 aromatic carbocycles. The number of piperazine rings is 1. The van der Waals surface area contributed by atoms with E-state index in [1.54, 1.807) is 0 Å². The summed E-state index contributed by atoms with van der Waals surface area (Å²) in [5.74, 6) is 0.963. The van der Waals surface area contributed by atoms with Crippen LogP contribution in [-0.4, -0.2) is 53.2 Å². The molecular weight excluding hydrogens is 402 g/mol. The Bertz CT molecular complexity index is 1180. The third kappa shape index (κ3) is 4.51. The number of aromatic nitrogens is 2. The van der Waals surface area contributed by atoms with Crippen molar-refractivity contribution in [2.45, 2.75) is 6.54 Å². The molecule has 5 rings (SSSR count). The van der Waals surface area contributed by atoms with E-state index in [4.69, 9.17) is 10.3 Å². The Morgan fingerprint density at radius 2 is 1.66 bits per heavy atom. The molecule has 32 heavy (non-hydrogen) atoms. The number of rotatable bonds is 6. The number of hydrogen-bond acceptors (Lipinski definition) is 8. The summed E-state index contributed by atoms with van der Waals surface area (Å²) in [6, 6.07) is 20.3. The van der Waals surface area contributed by atoms with Crippen LogP contribution in [0.1, 0.15) is 5.56 Å². The van der Waals surface area contributed by atoms with Crippen LogP contribution < -0.4 is 16.4 Å². The van der Waals surface area contributed by atoms with Crippen molar-refractivity contribution in [3.05, 3.63) is 66.2 Å². The molecule has 1 fully saturated rings. The highest BCUT2D eigenvalue weighted by Gasteiger charge is 2.16. The summed E-state index contributed by atoms with van der Waals surface area (Å²) in [6.45, 7) is 5.44. The van der Waals surface area contributed by atoms with Gasteiger partial charge in [-0.05, 0) is 36.9 Å². The van der Waals surface area contributed by atoms with Gasteiger partial charge in [0.1, 0.15) is 11.2 Å². The monoisotopic (exact) mass is 429 g/mol. The van der Waals surface area contributed by atoms with Crippen LogP contribution in [0.4, 0.5) is 28.7 Å². The maximum Gasteiger partial charge on any atom is 0.264 e. The number of nitrogens with one attached hydrogen (secondary N) is 2.